The van der Waals surface area contributed by atoms with Gasteiger partial charge in [0.15, 0.2) is 0 Å². The molecule has 0 aliphatic carbocycles. The Hall–Kier alpha value is -2.12. The van der Waals surface area contributed by atoms with E-state index in [0.717, 1.165) is 36.3 Å². The van der Waals surface area contributed by atoms with Crippen LogP contribution in [0.25, 0.3) is 0 Å². The van der Waals surface area contributed by atoms with Gasteiger partial charge in [-0.25, -0.2) is 0 Å². The standard InChI is InChI=1S/C26H34O5S2/c1-31-21-12-14-22(15-13-21)32-17-8-4-2-3-5-9-20-10-6-7-11-23(20)24(19-26(29)30)33-18-16-25(27)28/h6-7,10-15,24H,2-5,8-9,16-19H2,1H3,(H,27,28)(H,29,30). The fraction of sp³-hybridized carbons (Fsp3) is 0.462. The predicted molar refractivity (Wildman–Crippen MR) is 137 cm³/mol. The summed E-state index contributed by atoms with van der Waals surface area (Å²) in [7, 11) is 1.68. The SMILES string of the molecule is COc1ccc(SCCCCCCCc2ccccc2C(CC(=O)O)SCCC(=O)O)cc1. The highest BCUT2D eigenvalue weighted by Crippen LogP contribution is 2.35. The van der Waals surface area contributed by atoms with Crippen LogP contribution < -0.4 is 4.74 Å². The van der Waals surface area contributed by atoms with E-state index in [1.165, 1.54) is 41.5 Å². The number of aliphatic carboxylic acids is 2. The summed E-state index contributed by atoms with van der Waals surface area (Å²) < 4.78 is 5.19. The molecule has 7 heteroatoms. The molecule has 2 N–H and O–H groups in total. The maximum Gasteiger partial charge on any atom is 0.304 e. The number of carboxylic acid groups (broad SMARTS) is 2. The summed E-state index contributed by atoms with van der Waals surface area (Å²) in [5.41, 5.74) is 2.22. The van der Waals surface area contributed by atoms with Gasteiger partial charge >= 0.3 is 11.9 Å². The van der Waals surface area contributed by atoms with E-state index in [9.17, 15) is 14.7 Å². The Kier molecular flexibility index (Phi) is 12.9. The first-order valence-corrected chi connectivity index (χ1v) is 13.4. The van der Waals surface area contributed by atoms with E-state index in [-0.39, 0.29) is 18.1 Å². The van der Waals surface area contributed by atoms with Crippen molar-refractivity contribution >= 4 is 35.5 Å². The van der Waals surface area contributed by atoms with Gasteiger partial charge in [0.05, 0.1) is 20.0 Å². The van der Waals surface area contributed by atoms with Crippen LogP contribution in [0, 0.1) is 0 Å². The molecule has 33 heavy (non-hydrogen) atoms. The average Bonchev–Trinajstić information content (AvgIpc) is 2.80. The Labute approximate surface area is 205 Å². The van der Waals surface area contributed by atoms with Gasteiger partial charge in [-0.1, -0.05) is 43.5 Å². The Morgan fingerprint density at radius 2 is 1.58 bits per heavy atom. The molecule has 0 saturated carbocycles. The molecule has 0 spiro atoms. The van der Waals surface area contributed by atoms with Crippen molar-refractivity contribution < 1.29 is 24.5 Å². The number of rotatable bonds is 17. The van der Waals surface area contributed by atoms with Gasteiger partial charge in [0, 0.05) is 15.9 Å². The van der Waals surface area contributed by atoms with Crippen LogP contribution in [0.15, 0.2) is 53.4 Å². The van der Waals surface area contributed by atoms with Gasteiger partial charge in [-0.15, -0.1) is 11.8 Å². The molecule has 0 aliphatic heterocycles. The number of carboxylic acids is 2. The van der Waals surface area contributed by atoms with Crippen LogP contribution in [0.2, 0.25) is 0 Å². The highest BCUT2D eigenvalue weighted by Gasteiger charge is 2.19. The Morgan fingerprint density at radius 1 is 0.879 bits per heavy atom. The van der Waals surface area contributed by atoms with Gasteiger partial charge in [-0.05, 0) is 60.4 Å². The Morgan fingerprint density at radius 3 is 2.27 bits per heavy atom. The number of carbonyl (C=O) groups is 2. The summed E-state index contributed by atoms with van der Waals surface area (Å²) in [6.45, 7) is 0. The van der Waals surface area contributed by atoms with Crippen molar-refractivity contribution in [3.8, 4) is 5.75 Å². The van der Waals surface area contributed by atoms with Gasteiger partial charge in [0.25, 0.3) is 0 Å². The zero-order chi connectivity index (χ0) is 23.9. The summed E-state index contributed by atoms with van der Waals surface area (Å²) in [4.78, 5) is 23.5. The number of unbranched alkanes of at least 4 members (excludes halogenated alkanes) is 4. The van der Waals surface area contributed by atoms with Crippen LogP contribution in [-0.4, -0.2) is 40.8 Å². The molecule has 2 aromatic carbocycles. The quantitative estimate of drug-likeness (QED) is 0.188. The number of hydrogen-bond donors (Lipinski definition) is 2. The second kappa shape index (κ2) is 15.7. The van der Waals surface area contributed by atoms with Crippen LogP contribution in [-0.2, 0) is 16.0 Å². The molecule has 0 fully saturated rings. The summed E-state index contributed by atoms with van der Waals surface area (Å²) in [6.07, 6.45) is 6.78. The maximum absolute atomic E-state index is 11.4. The third-order valence-corrected chi connectivity index (χ3v) is 7.68. The van der Waals surface area contributed by atoms with E-state index < -0.39 is 11.9 Å². The first kappa shape index (κ1) is 27.1. The number of thioether (sulfide) groups is 2. The highest BCUT2D eigenvalue weighted by atomic mass is 32.2. The average molecular weight is 491 g/mol. The van der Waals surface area contributed by atoms with E-state index in [0.29, 0.717) is 5.75 Å². The molecule has 0 saturated heterocycles. The molecular weight excluding hydrogens is 456 g/mol. The van der Waals surface area contributed by atoms with Crippen LogP contribution in [0.3, 0.4) is 0 Å². The van der Waals surface area contributed by atoms with Gasteiger partial charge in [-0.2, -0.15) is 11.8 Å². The van der Waals surface area contributed by atoms with Crippen LogP contribution in [0.1, 0.15) is 61.3 Å². The number of aryl methyl sites for hydroxylation is 1. The number of hydrogen-bond acceptors (Lipinski definition) is 5. The van der Waals surface area contributed by atoms with Crippen LogP contribution in [0.4, 0.5) is 0 Å². The van der Waals surface area contributed by atoms with Gasteiger partial charge in [0.1, 0.15) is 5.75 Å². The van der Waals surface area contributed by atoms with Crippen molar-refractivity contribution in [1.29, 1.82) is 0 Å². The van der Waals surface area contributed by atoms with E-state index in [1.807, 2.05) is 42.1 Å². The van der Waals surface area contributed by atoms with E-state index in [2.05, 4.69) is 18.2 Å². The first-order chi connectivity index (χ1) is 16.0. The molecule has 0 aliphatic rings. The smallest absolute Gasteiger partial charge is 0.304 e. The summed E-state index contributed by atoms with van der Waals surface area (Å²) in [5.74, 6) is 0.696. The topological polar surface area (TPSA) is 83.8 Å². The molecule has 180 valence electrons. The normalized spacial score (nSPS) is 11.8. The lowest BCUT2D eigenvalue weighted by Crippen LogP contribution is -2.08. The maximum atomic E-state index is 11.4. The molecule has 0 bridgehead atoms. The zero-order valence-corrected chi connectivity index (χ0v) is 20.8. The van der Waals surface area contributed by atoms with E-state index in [1.54, 1.807) is 7.11 Å². The molecule has 2 rings (SSSR count). The van der Waals surface area contributed by atoms with Gasteiger partial charge < -0.3 is 14.9 Å². The molecule has 1 atom stereocenters. The molecule has 5 nitrogen and oxygen atoms in total. The third kappa shape index (κ3) is 11.0. The van der Waals surface area contributed by atoms with Crippen LogP contribution >= 0.6 is 23.5 Å². The summed E-state index contributed by atoms with van der Waals surface area (Å²) >= 11 is 3.30. The lowest BCUT2D eigenvalue weighted by atomic mass is 9.97. The van der Waals surface area contributed by atoms with Crippen molar-refractivity contribution in [2.24, 2.45) is 0 Å². The zero-order valence-electron chi connectivity index (χ0n) is 19.2. The fourth-order valence-corrected chi connectivity index (χ4v) is 5.75. The minimum Gasteiger partial charge on any atom is -0.497 e. The van der Waals surface area contributed by atoms with E-state index in [4.69, 9.17) is 9.84 Å². The minimum atomic E-state index is -0.856. The fourth-order valence-electron chi connectivity index (χ4n) is 3.59. The van der Waals surface area contributed by atoms with Crippen molar-refractivity contribution in [3.63, 3.8) is 0 Å². The molecule has 0 aromatic heterocycles. The van der Waals surface area contributed by atoms with Crippen molar-refractivity contribution in [3.05, 3.63) is 59.7 Å². The monoisotopic (exact) mass is 490 g/mol. The second-order valence-electron chi connectivity index (χ2n) is 7.84. The predicted octanol–water partition coefficient (Wildman–Crippen LogP) is 6.70. The lowest BCUT2D eigenvalue weighted by molar-refractivity contribution is -0.137. The van der Waals surface area contributed by atoms with E-state index >= 15 is 0 Å². The van der Waals surface area contributed by atoms with Crippen molar-refractivity contribution in [2.75, 3.05) is 18.6 Å². The Balaban J connectivity index is 1.72. The molecule has 0 heterocycles. The number of ether oxygens (including phenoxy) is 1. The second-order valence-corrected chi connectivity index (χ2v) is 10.3. The molecule has 0 amide bonds. The lowest BCUT2D eigenvalue weighted by Gasteiger charge is -2.18. The molecular formula is C26H34O5S2. The molecule has 2 aromatic rings. The third-order valence-electron chi connectivity index (χ3n) is 5.32. The summed E-state index contributed by atoms with van der Waals surface area (Å²) in [5, 5.41) is 18.0. The van der Waals surface area contributed by atoms with Crippen molar-refractivity contribution in [1.82, 2.24) is 0 Å². The summed E-state index contributed by atoms with van der Waals surface area (Å²) in [6, 6.07) is 16.2. The largest absolute Gasteiger partial charge is 0.497 e. The molecule has 1 unspecified atom stereocenters. The van der Waals surface area contributed by atoms with Gasteiger partial charge in [0.2, 0.25) is 0 Å². The number of benzene rings is 2. The number of methoxy groups -OCH3 is 1. The molecule has 0 radical (unpaired) electrons. The Bertz CT molecular complexity index is 854. The van der Waals surface area contributed by atoms with Gasteiger partial charge in [-0.3, -0.25) is 9.59 Å². The van der Waals surface area contributed by atoms with Crippen LogP contribution in [0.5, 0.6) is 5.75 Å². The highest BCUT2D eigenvalue weighted by molar-refractivity contribution is 7.99. The minimum absolute atomic E-state index is 0.00710. The first-order valence-electron chi connectivity index (χ1n) is 11.4. The van der Waals surface area contributed by atoms with Crippen molar-refractivity contribution in [2.45, 2.75) is 61.5 Å².